The predicted molar refractivity (Wildman–Crippen MR) is 76.2 cm³/mol. The highest BCUT2D eigenvalue weighted by Gasteiger charge is 2.24. The molecule has 3 nitrogen and oxygen atoms in total. The minimum atomic E-state index is -0.683. The summed E-state index contributed by atoms with van der Waals surface area (Å²) in [4.78, 5) is 13.3. The standard InChI is InChI=1S/C16H23NO2/c1-12-7-13(2)9-14(8-12)11-17-6-4-3-5-15(17)10-16(18)19/h7-9,15H,3-6,10-11H2,1-2H3,(H,18,19). The number of rotatable bonds is 4. The number of piperidine rings is 1. The van der Waals surface area contributed by atoms with Crippen molar-refractivity contribution in [3.05, 3.63) is 34.9 Å². The quantitative estimate of drug-likeness (QED) is 0.905. The van der Waals surface area contributed by atoms with Crippen molar-refractivity contribution in [3.8, 4) is 0 Å². The number of benzene rings is 1. The van der Waals surface area contributed by atoms with Gasteiger partial charge in [-0.3, -0.25) is 9.69 Å². The third-order valence-corrected chi connectivity index (χ3v) is 3.83. The van der Waals surface area contributed by atoms with Gasteiger partial charge in [0, 0.05) is 12.6 Å². The fourth-order valence-electron chi connectivity index (χ4n) is 3.10. The van der Waals surface area contributed by atoms with Crippen molar-refractivity contribution in [2.45, 2.75) is 52.1 Å². The molecular formula is C16H23NO2. The average Bonchev–Trinajstić information content (AvgIpc) is 2.29. The number of carboxylic acid groups (broad SMARTS) is 1. The second kappa shape index (κ2) is 6.20. The van der Waals surface area contributed by atoms with E-state index in [0.29, 0.717) is 0 Å². The van der Waals surface area contributed by atoms with Crippen LogP contribution < -0.4 is 0 Å². The first-order valence-electron chi connectivity index (χ1n) is 7.07. The number of carboxylic acids is 1. The van der Waals surface area contributed by atoms with Crippen molar-refractivity contribution >= 4 is 5.97 Å². The third kappa shape index (κ3) is 4.06. The lowest BCUT2D eigenvalue weighted by atomic mass is 9.98. The van der Waals surface area contributed by atoms with E-state index >= 15 is 0 Å². The maximum absolute atomic E-state index is 10.9. The number of carbonyl (C=O) groups is 1. The van der Waals surface area contributed by atoms with Crippen molar-refractivity contribution in [1.29, 1.82) is 0 Å². The Hall–Kier alpha value is -1.35. The minimum Gasteiger partial charge on any atom is -0.481 e. The van der Waals surface area contributed by atoms with E-state index < -0.39 is 5.97 Å². The number of aryl methyl sites for hydroxylation is 2. The van der Waals surface area contributed by atoms with Gasteiger partial charge >= 0.3 is 5.97 Å². The summed E-state index contributed by atoms with van der Waals surface area (Å²) in [5.74, 6) is -0.683. The van der Waals surface area contributed by atoms with Gasteiger partial charge in [0.2, 0.25) is 0 Å². The summed E-state index contributed by atoms with van der Waals surface area (Å²) < 4.78 is 0. The zero-order valence-electron chi connectivity index (χ0n) is 11.9. The fraction of sp³-hybridized carbons (Fsp3) is 0.562. The van der Waals surface area contributed by atoms with Gasteiger partial charge < -0.3 is 5.11 Å². The molecule has 0 amide bonds. The molecule has 1 fully saturated rings. The molecule has 3 heteroatoms. The predicted octanol–water partition coefficient (Wildman–Crippen LogP) is 3.13. The second-order valence-electron chi connectivity index (χ2n) is 5.71. The van der Waals surface area contributed by atoms with E-state index in [2.05, 4.69) is 36.9 Å². The van der Waals surface area contributed by atoms with Crippen LogP contribution in [0.3, 0.4) is 0 Å². The van der Waals surface area contributed by atoms with E-state index in [0.717, 1.165) is 25.9 Å². The summed E-state index contributed by atoms with van der Waals surface area (Å²) in [7, 11) is 0. The molecule has 1 heterocycles. The molecule has 0 saturated carbocycles. The number of nitrogens with zero attached hydrogens (tertiary/aromatic N) is 1. The van der Waals surface area contributed by atoms with E-state index in [9.17, 15) is 4.79 Å². The lowest BCUT2D eigenvalue weighted by Crippen LogP contribution is -2.40. The number of hydrogen-bond acceptors (Lipinski definition) is 2. The Bertz CT molecular complexity index is 436. The molecule has 1 unspecified atom stereocenters. The molecule has 1 saturated heterocycles. The third-order valence-electron chi connectivity index (χ3n) is 3.83. The molecule has 1 aliphatic heterocycles. The highest BCUT2D eigenvalue weighted by molar-refractivity contribution is 5.67. The van der Waals surface area contributed by atoms with Crippen LogP contribution in [-0.2, 0) is 11.3 Å². The monoisotopic (exact) mass is 261 g/mol. The molecule has 0 radical (unpaired) electrons. The van der Waals surface area contributed by atoms with Gasteiger partial charge in [0.15, 0.2) is 0 Å². The van der Waals surface area contributed by atoms with Gasteiger partial charge in [0.1, 0.15) is 0 Å². The molecular weight excluding hydrogens is 238 g/mol. The molecule has 1 N–H and O–H groups in total. The Kier molecular flexibility index (Phi) is 4.59. The van der Waals surface area contributed by atoms with Crippen LogP contribution in [0, 0.1) is 13.8 Å². The highest BCUT2D eigenvalue weighted by atomic mass is 16.4. The van der Waals surface area contributed by atoms with Crippen LogP contribution in [0.1, 0.15) is 42.4 Å². The van der Waals surface area contributed by atoms with Crippen molar-refractivity contribution in [1.82, 2.24) is 4.90 Å². The minimum absolute atomic E-state index is 0.201. The Balaban J connectivity index is 2.08. The topological polar surface area (TPSA) is 40.5 Å². The normalized spacial score (nSPS) is 20.4. The molecule has 2 rings (SSSR count). The van der Waals surface area contributed by atoms with Crippen LogP contribution in [0.25, 0.3) is 0 Å². The Morgan fingerprint density at radius 3 is 2.58 bits per heavy atom. The van der Waals surface area contributed by atoms with Crippen molar-refractivity contribution in [2.24, 2.45) is 0 Å². The largest absolute Gasteiger partial charge is 0.481 e. The van der Waals surface area contributed by atoms with E-state index in [1.54, 1.807) is 0 Å². The molecule has 104 valence electrons. The summed E-state index contributed by atoms with van der Waals surface area (Å²) in [6.07, 6.45) is 3.62. The Morgan fingerprint density at radius 1 is 1.26 bits per heavy atom. The lowest BCUT2D eigenvalue weighted by molar-refractivity contribution is -0.138. The molecule has 0 aliphatic carbocycles. The molecule has 19 heavy (non-hydrogen) atoms. The number of likely N-dealkylation sites (tertiary alicyclic amines) is 1. The Labute approximate surface area is 115 Å². The summed E-state index contributed by atoms with van der Waals surface area (Å²) >= 11 is 0. The summed E-state index contributed by atoms with van der Waals surface area (Å²) in [5.41, 5.74) is 3.86. The van der Waals surface area contributed by atoms with E-state index in [1.165, 1.54) is 23.1 Å². The smallest absolute Gasteiger partial charge is 0.304 e. The van der Waals surface area contributed by atoms with Crippen LogP contribution >= 0.6 is 0 Å². The van der Waals surface area contributed by atoms with E-state index in [4.69, 9.17) is 5.11 Å². The maximum atomic E-state index is 10.9. The van der Waals surface area contributed by atoms with Crippen LogP contribution in [0.4, 0.5) is 0 Å². The molecule has 0 bridgehead atoms. The van der Waals surface area contributed by atoms with E-state index in [1.807, 2.05) is 0 Å². The molecule has 1 aromatic rings. The van der Waals surface area contributed by atoms with Gasteiger partial charge in [-0.1, -0.05) is 35.7 Å². The lowest BCUT2D eigenvalue weighted by Gasteiger charge is -2.35. The van der Waals surface area contributed by atoms with Crippen molar-refractivity contribution in [3.63, 3.8) is 0 Å². The summed E-state index contributed by atoms with van der Waals surface area (Å²) in [6, 6.07) is 6.79. The number of hydrogen-bond donors (Lipinski definition) is 1. The first kappa shape index (κ1) is 14.1. The van der Waals surface area contributed by atoms with Crippen LogP contribution in [0.2, 0.25) is 0 Å². The molecule has 0 spiro atoms. The average molecular weight is 261 g/mol. The van der Waals surface area contributed by atoms with Gasteiger partial charge in [-0.05, 0) is 38.8 Å². The molecule has 1 aliphatic rings. The SMILES string of the molecule is Cc1cc(C)cc(CN2CCCCC2CC(=O)O)c1. The van der Waals surface area contributed by atoms with Gasteiger partial charge in [-0.15, -0.1) is 0 Å². The number of aliphatic carboxylic acids is 1. The van der Waals surface area contributed by atoms with Gasteiger partial charge in [-0.2, -0.15) is 0 Å². The fourth-order valence-corrected chi connectivity index (χ4v) is 3.10. The molecule has 0 aromatic heterocycles. The van der Waals surface area contributed by atoms with Crippen molar-refractivity contribution in [2.75, 3.05) is 6.54 Å². The zero-order valence-corrected chi connectivity index (χ0v) is 11.9. The van der Waals surface area contributed by atoms with Gasteiger partial charge in [0.25, 0.3) is 0 Å². The Morgan fingerprint density at radius 2 is 1.95 bits per heavy atom. The highest BCUT2D eigenvalue weighted by Crippen LogP contribution is 2.22. The van der Waals surface area contributed by atoms with Gasteiger partial charge in [0.05, 0.1) is 6.42 Å². The van der Waals surface area contributed by atoms with Crippen LogP contribution in [0.15, 0.2) is 18.2 Å². The van der Waals surface area contributed by atoms with Crippen LogP contribution in [-0.4, -0.2) is 28.6 Å². The summed E-state index contributed by atoms with van der Waals surface area (Å²) in [6.45, 7) is 6.12. The first-order valence-corrected chi connectivity index (χ1v) is 7.07. The van der Waals surface area contributed by atoms with Gasteiger partial charge in [-0.25, -0.2) is 0 Å². The molecule has 1 aromatic carbocycles. The molecule has 1 atom stereocenters. The first-order chi connectivity index (χ1) is 9.04. The zero-order chi connectivity index (χ0) is 13.8. The van der Waals surface area contributed by atoms with Crippen LogP contribution in [0.5, 0.6) is 0 Å². The van der Waals surface area contributed by atoms with E-state index in [-0.39, 0.29) is 12.5 Å². The summed E-state index contributed by atoms with van der Waals surface area (Å²) in [5, 5.41) is 9.01. The second-order valence-corrected chi connectivity index (χ2v) is 5.71. The maximum Gasteiger partial charge on any atom is 0.304 e. The van der Waals surface area contributed by atoms with Crippen molar-refractivity contribution < 1.29 is 9.90 Å².